The molecule has 2 N–H and O–H groups in total. The summed E-state index contributed by atoms with van der Waals surface area (Å²) in [7, 11) is 0. The molecule has 0 aliphatic heterocycles. The summed E-state index contributed by atoms with van der Waals surface area (Å²) in [4.78, 5) is 2.56. The minimum absolute atomic E-state index is 0.202. The summed E-state index contributed by atoms with van der Waals surface area (Å²) < 4.78 is 1.14. The molecule has 2 nitrogen and oxygen atoms in total. The van der Waals surface area contributed by atoms with Crippen LogP contribution in [-0.2, 0) is 0 Å². The molecule has 19 heavy (non-hydrogen) atoms. The van der Waals surface area contributed by atoms with Crippen molar-refractivity contribution in [3.63, 3.8) is 0 Å². The molecule has 0 amide bonds. The Labute approximate surface area is 125 Å². The van der Waals surface area contributed by atoms with Crippen molar-refractivity contribution in [3.05, 3.63) is 34.3 Å². The van der Waals surface area contributed by atoms with E-state index < -0.39 is 0 Å². The molecule has 1 aromatic rings. The molecule has 2 rings (SSSR count). The first-order chi connectivity index (χ1) is 9.15. The molecule has 1 saturated carbocycles. The average molecular weight is 325 g/mol. The second-order valence-electron chi connectivity index (χ2n) is 5.60. The van der Waals surface area contributed by atoms with Gasteiger partial charge in [0.1, 0.15) is 0 Å². The number of nitrogens with zero attached hydrogens (tertiary/aromatic N) is 1. The van der Waals surface area contributed by atoms with E-state index >= 15 is 0 Å². The van der Waals surface area contributed by atoms with Gasteiger partial charge in [-0.1, -0.05) is 41.9 Å². The summed E-state index contributed by atoms with van der Waals surface area (Å²) in [5.74, 6) is 0.902. The Balaban J connectivity index is 2.22. The Morgan fingerprint density at radius 2 is 2.11 bits per heavy atom. The van der Waals surface area contributed by atoms with Crippen molar-refractivity contribution in [2.45, 2.75) is 45.2 Å². The van der Waals surface area contributed by atoms with E-state index in [2.05, 4.69) is 58.9 Å². The SMILES string of the molecule is CCC(N)C(c1cccc(Br)c1)N(CC)CC1CC1. The van der Waals surface area contributed by atoms with E-state index in [-0.39, 0.29) is 6.04 Å². The first-order valence-electron chi connectivity index (χ1n) is 7.40. The molecule has 0 heterocycles. The number of likely N-dealkylation sites (N-methyl/N-ethyl adjacent to an activating group) is 1. The molecule has 0 radical (unpaired) electrons. The maximum atomic E-state index is 6.41. The highest BCUT2D eigenvalue weighted by Crippen LogP contribution is 2.34. The molecule has 1 aliphatic carbocycles. The lowest BCUT2D eigenvalue weighted by Crippen LogP contribution is -2.41. The van der Waals surface area contributed by atoms with Crippen molar-refractivity contribution < 1.29 is 0 Å². The van der Waals surface area contributed by atoms with Gasteiger partial charge in [0.05, 0.1) is 0 Å². The molecule has 1 aromatic carbocycles. The molecule has 3 heteroatoms. The fourth-order valence-corrected chi connectivity index (χ4v) is 3.13. The van der Waals surface area contributed by atoms with E-state index in [1.807, 2.05) is 0 Å². The second-order valence-corrected chi connectivity index (χ2v) is 6.52. The normalized spacial score (nSPS) is 18.6. The minimum atomic E-state index is 0.202. The molecule has 2 unspecified atom stereocenters. The van der Waals surface area contributed by atoms with E-state index in [1.54, 1.807) is 0 Å². The Morgan fingerprint density at radius 1 is 1.37 bits per heavy atom. The third-order valence-corrected chi connectivity index (χ3v) is 4.55. The summed E-state index contributed by atoms with van der Waals surface area (Å²) in [6.45, 7) is 6.69. The average Bonchev–Trinajstić information content (AvgIpc) is 3.21. The highest BCUT2D eigenvalue weighted by Gasteiger charge is 2.30. The Kier molecular flexibility index (Phi) is 5.43. The van der Waals surface area contributed by atoms with Gasteiger partial charge in [-0.2, -0.15) is 0 Å². The van der Waals surface area contributed by atoms with Gasteiger partial charge in [-0.3, -0.25) is 4.90 Å². The van der Waals surface area contributed by atoms with Gasteiger partial charge in [0.25, 0.3) is 0 Å². The molecule has 0 spiro atoms. The maximum absolute atomic E-state index is 6.41. The zero-order chi connectivity index (χ0) is 13.8. The van der Waals surface area contributed by atoms with Crippen molar-refractivity contribution >= 4 is 15.9 Å². The topological polar surface area (TPSA) is 29.3 Å². The van der Waals surface area contributed by atoms with Crippen molar-refractivity contribution in [1.29, 1.82) is 0 Å². The van der Waals surface area contributed by atoms with Crippen LogP contribution >= 0.6 is 15.9 Å². The largest absolute Gasteiger partial charge is 0.326 e. The summed E-state index contributed by atoms with van der Waals surface area (Å²) in [5.41, 5.74) is 7.75. The lowest BCUT2D eigenvalue weighted by Gasteiger charge is -2.35. The summed E-state index contributed by atoms with van der Waals surface area (Å²) in [5, 5.41) is 0. The number of rotatable bonds is 7. The van der Waals surface area contributed by atoms with Gasteiger partial charge in [0.2, 0.25) is 0 Å². The molecule has 106 valence electrons. The number of benzene rings is 1. The van der Waals surface area contributed by atoms with Gasteiger partial charge in [0, 0.05) is 23.1 Å². The van der Waals surface area contributed by atoms with Crippen LogP contribution in [0.1, 0.15) is 44.7 Å². The molecule has 0 aromatic heterocycles. The molecule has 1 aliphatic rings. The monoisotopic (exact) mass is 324 g/mol. The first-order valence-corrected chi connectivity index (χ1v) is 8.20. The minimum Gasteiger partial charge on any atom is -0.326 e. The van der Waals surface area contributed by atoms with Crippen molar-refractivity contribution in [2.75, 3.05) is 13.1 Å². The van der Waals surface area contributed by atoms with Gasteiger partial charge < -0.3 is 5.73 Å². The van der Waals surface area contributed by atoms with Gasteiger partial charge in [-0.25, -0.2) is 0 Å². The van der Waals surface area contributed by atoms with Crippen LogP contribution in [0, 0.1) is 5.92 Å². The van der Waals surface area contributed by atoms with Gasteiger partial charge in [-0.15, -0.1) is 0 Å². The quantitative estimate of drug-likeness (QED) is 0.822. The lowest BCUT2D eigenvalue weighted by atomic mass is 9.96. The van der Waals surface area contributed by atoms with Crippen molar-refractivity contribution in [2.24, 2.45) is 11.7 Å². The summed E-state index contributed by atoms with van der Waals surface area (Å²) in [6, 6.07) is 9.16. The zero-order valence-electron chi connectivity index (χ0n) is 12.0. The molecule has 2 atom stereocenters. The van der Waals surface area contributed by atoms with Crippen LogP contribution < -0.4 is 5.73 Å². The van der Waals surface area contributed by atoms with Crippen molar-refractivity contribution in [3.8, 4) is 0 Å². The molecule has 0 saturated heterocycles. The zero-order valence-corrected chi connectivity index (χ0v) is 13.6. The standard InChI is InChI=1S/C16H25BrN2/c1-3-15(18)16(13-6-5-7-14(17)10-13)19(4-2)11-12-8-9-12/h5-7,10,12,15-16H,3-4,8-9,11,18H2,1-2H3. The highest BCUT2D eigenvalue weighted by molar-refractivity contribution is 9.10. The van der Waals surface area contributed by atoms with Crippen LogP contribution in [0.4, 0.5) is 0 Å². The van der Waals surface area contributed by atoms with Gasteiger partial charge in [0.15, 0.2) is 0 Å². The van der Waals surface area contributed by atoms with Gasteiger partial charge >= 0.3 is 0 Å². The smallest absolute Gasteiger partial charge is 0.0499 e. The van der Waals surface area contributed by atoms with Gasteiger partial charge in [-0.05, 0) is 49.4 Å². The van der Waals surface area contributed by atoms with E-state index in [0.717, 1.165) is 23.4 Å². The van der Waals surface area contributed by atoms with Crippen LogP contribution in [0.3, 0.4) is 0 Å². The van der Waals surface area contributed by atoms with E-state index in [0.29, 0.717) is 6.04 Å². The molecular formula is C16H25BrN2. The summed E-state index contributed by atoms with van der Waals surface area (Å²) >= 11 is 3.58. The predicted molar refractivity (Wildman–Crippen MR) is 85.1 cm³/mol. The second kappa shape index (κ2) is 6.87. The Hall–Kier alpha value is -0.380. The van der Waals surface area contributed by atoms with Crippen LogP contribution in [0.25, 0.3) is 0 Å². The van der Waals surface area contributed by atoms with Crippen LogP contribution in [0.15, 0.2) is 28.7 Å². The fraction of sp³-hybridized carbons (Fsp3) is 0.625. The van der Waals surface area contributed by atoms with Crippen molar-refractivity contribution in [1.82, 2.24) is 4.90 Å². The van der Waals surface area contributed by atoms with Crippen LogP contribution in [0.2, 0.25) is 0 Å². The van der Waals surface area contributed by atoms with E-state index in [1.165, 1.54) is 24.9 Å². The third kappa shape index (κ3) is 4.04. The van der Waals surface area contributed by atoms with E-state index in [4.69, 9.17) is 5.73 Å². The van der Waals surface area contributed by atoms with Crippen LogP contribution in [-0.4, -0.2) is 24.0 Å². The Bertz CT molecular complexity index is 403. The summed E-state index contributed by atoms with van der Waals surface area (Å²) in [6.07, 6.45) is 3.80. The Morgan fingerprint density at radius 3 is 2.63 bits per heavy atom. The number of nitrogens with two attached hydrogens (primary N) is 1. The van der Waals surface area contributed by atoms with Crippen LogP contribution in [0.5, 0.6) is 0 Å². The number of hydrogen-bond acceptors (Lipinski definition) is 2. The maximum Gasteiger partial charge on any atom is 0.0499 e. The molecule has 1 fully saturated rings. The first kappa shape index (κ1) is 15.0. The number of hydrogen-bond donors (Lipinski definition) is 1. The highest BCUT2D eigenvalue weighted by atomic mass is 79.9. The van der Waals surface area contributed by atoms with E-state index in [9.17, 15) is 0 Å². The predicted octanol–water partition coefficient (Wildman–Crippen LogP) is 3.96. The molecular weight excluding hydrogens is 300 g/mol. The third-order valence-electron chi connectivity index (χ3n) is 4.06. The number of halogens is 1. The lowest BCUT2D eigenvalue weighted by molar-refractivity contribution is 0.170. The molecule has 0 bridgehead atoms. The fourth-order valence-electron chi connectivity index (χ4n) is 2.71.